The topological polar surface area (TPSA) is 79.3 Å². The maximum Gasteiger partial charge on any atom is 0.211 e. The SMILES string of the molecule is Cc1sc([C@@H]2CCN(C)S(=O)N2)cc1-c1cnn(C)c1.O=CNc1ccc(F)c(Cl)c1. The molecule has 1 aliphatic rings. The molecule has 0 saturated carbocycles. The molecule has 2 aromatic heterocycles. The zero-order chi connectivity index (χ0) is 22.5. The molecule has 1 aliphatic heterocycles. The number of hydrogen-bond donors (Lipinski definition) is 2. The van der Waals surface area contributed by atoms with Crippen molar-refractivity contribution < 1.29 is 13.4 Å². The van der Waals surface area contributed by atoms with Crippen LogP contribution < -0.4 is 10.0 Å². The lowest BCUT2D eigenvalue weighted by atomic mass is 10.1. The zero-order valence-corrected chi connectivity index (χ0v) is 19.7. The molecule has 2 atom stereocenters. The molecule has 1 saturated heterocycles. The van der Waals surface area contributed by atoms with E-state index in [0.717, 1.165) is 18.5 Å². The maximum absolute atomic E-state index is 12.5. The van der Waals surface area contributed by atoms with E-state index in [-0.39, 0.29) is 11.1 Å². The number of benzene rings is 1. The van der Waals surface area contributed by atoms with Crippen LogP contribution in [-0.4, -0.2) is 38.3 Å². The molecule has 1 unspecified atom stereocenters. The van der Waals surface area contributed by atoms with Crippen LogP contribution in [0.1, 0.15) is 22.2 Å². The van der Waals surface area contributed by atoms with E-state index in [4.69, 9.17) is 11.6 Å². The molecule has 0 bridgehead atoms. The molecule has 0 spiro atoms. The summed E-state index contributed by atoms with van der Waals surface area (Å²) < 4.78 is 31.2. The first kappa shape index (κ1) is 23.6. The van der Waals surface area contributed by atoms with Crippen molar-refractivity contribution in [2.75, 3.05) is 18.9 Å². The Morgan fingerprint density at radius 2 is 2.16 bits per heavy atom. The molecular weight excluding hydrogens is 461 g/mol. The second-order valence-electron chi connectivity index (χ2n) is 6.97. The van der Waals surface area contributed by atoms with Crippen molar-refractivity contribution in [3.63, 3.8) is 0 Å². The van der Waals surface area contributed by atoms with Gasteiger partial charge in [-0.1, -0.05) is 11.6 Å². The van der Waals surface area contributed by atoms with E-state index in [1.165, 1.54) is 33.5 Å². The Morgan fingerprint density at radius 3 is 2.77 bits per heavy atom. The molecule has 31 heavy (non-hydrogen) atoms. The van der Waals surface area contributed by atoms with E-state index < -0.39 is 17.0 Å². The normalized spacial score (nSPS) is 18.9. The number of nitrogens with one attached hydrogen (secondary N) is 2. The number of halogens is 2. The predicted molar refractivity (Wildman–Crippen MR) is 124 cm³/mol. The smallest absolute Gasteiger partial charge is 0.211 e. The van der Waals surface area contributed by atoms with Gasteiger partial charge in [0, 0.05) is 47.8 Å². The monoisotopic (exact) mass is 483 g/mol. The Balaban J connectivity index is 0.000000210. The summed E-state index contributed by atoms with van der Waals surface area (Å²) >= 11 is 6.11. The van der Waals surface area contributed by atoms with Gasteiger partial charge in [-0.25, -0.2) is 17.6 Å². The molecule has 1 amide bonds. The van der Waals surface area contributed by atoms with Gasteiger partial charge in [0.1, 0.15) is 5.82 Å². The number of anilines is 1. The lowest BCUT2D eigenvalue weighted by Gasteiger charge is -2.28. The molecule has 2 N–H and O–H groups in total. The summed E-state index contributed by atoms with van der Waals surface area (Å²) in [7, 11) is 3.80. The molecule has 11 heteroatoms. The van der Waals surface area contributed by atoms with Gasteiger partial charge < -0.3 is 5.32 Å². The molecule has 1 fully saturated rings. The Hall–Kier alpha value is -2.11. The van der Waals surface area contributed by atoms with Crippen LogP contribution in [0, 0.1) is 12.7 Å². The van der Waals surface area contributed by atoms with Crippen LogP contribution >= 0.6 is 22.9 Å². The van der Waals surface area contributed by atoms with Crippen molar-refractivity contribution in [3.8, 4) is 11.1 Å². The zero-order valence-electron chi connectivity index (χ0n) is 17.3. The quantitative estimate of drug-likeness (QED) is 0.549. The largest absolute Gasteiger partial charge is 0.329 e. The number of carbonyl (C=O) groups excluding carboxylic acids is 1. The third-order valence-corrected chi connectivity index (χ3v) is 7.39. The number of amides is 1. The molecular formula is C20H23ClFN5O2S2. The van der Waals surface area contributed by atoms with Crippen LogP contribution in [-0.2, 0) is 23.0 Å². The number of aromatic nitrogens is 2. The van der Waals surface area contributed by atoms with Crippen LogP contribution in [0.3, 0.4) is 0 Å². The highest BCUT2D eigenvalue weighted by Crippen LogP contribution is 2.36. The Morgan fingerprint density at radius 1 is 1.39 bits per heavy atom. The highest BCUT2D eigenvalue weighted by molar-refractivity contribution is 7.80. The first-order valence-corrected chi connectivity index (χ1v) is 11.7. The number of nitrogens with zero attached hydrogens (tertiary/aromatic N) is 3. The molecule has 166 valence electrons. The Bertz CT molecular complexity index is 1090. The first-order chi connectivity index (χ1) is 14.8. The average molecular weight is 484 g/mol. The van der Waals surface area contributed by atoms with Gasteiger partial charge in [-0.05, 0) is 43.2 Å². The number of hydrogen-bond acceptors (Lipinski definition) is 4. The van der Waals surface area contributed by atoms with E-state index >= 15 is 0 Å². The van der Waals surface area contributed by atoms with Crippen LogP contribution in [0.5, 0.6) is 0 Å². The van der Waals surface area contributed by atoms with Crippen molar-refractivity contribution in [1.82, 2.24) is 18.8 Å². The van der Waals surface area contributed by atoms with Gasteiger partial charge in [-0.2, -0.15) is 5.10 Å². The summed E-state index contributed by atoms with van der Waals surface area (Å²) in [5.41, 5.74) is 2.84. The second-order valence-corrected chi connectivity index (χ2v) is 10.0. The fraction of sp³-hybridized carbons (Fsp3) is 0.300. The van der Waals surface area contributed by atoms with Crippen molar-refractivity contribution >= 4 is 46.2 Å². The fourth-order valence-corrected chi connectivity index (χ4v) is 5.37. The molecule has 3 heterocycles. The van der Waals surface area contributed by atoms with E-state index in [1.54, 1.807) is 11.3 Å². The molecule has 4 rings (SSSR count). The summed E-state index contributed by atoms with van der Waals surface area (Å²) in [5, 5.41) is 6.57. The van der Waals surface area contributed by atoms with Gasteiger partial charge in [-0.15, -0.1) is 11.3 Å². The first-order valence-electron chi connectivity index (χ1n) is 9.42. The van der Waals surface area contributed by atoms with Gasteiger partial charge in [0.25, 0.3) is 0 Å². The molecule has 0 aliphatic carbocycles. The molecule has 1 aromatic carbocycles. The van der Waals surface area contributed by atoms with Crippen molar-refractivity contribution in [3.05, 3.63) is 57.3 Å². The van der Waals surface area contributed by atoms with E-state index in [1.807, 2.05) is 35.5 Å². The maximum atomic E-state index is 12.5. The minimum Gasteiger partial charge on any atom is -0.329 e. The van der Waals surface area contributed by atoms with Crippen LogP contribution in [0.25, 0.3) is 11.1 Å². The Kier molecular flexibility index (Phi) is 7.95. The summed E-state index contributed by atoms with van der Waals surface area (Å²) in [6.07, 6.45) is 5.40. The standard InChI is InChI=1S/C13H18N4OS2.C7H5ClFNO/c1-9-11(10-7-14-16(2)8-10)6-13(19-9)12-4-5-17(3)20(18)15-12;8-6-3-5(10-4-11)1-2-7(6)9/h6-8,12,15H,4-5H2,1-3H3;1-4H,(H,10,11)/t12-,20?;/m0./s1. The summed E-state index contributed by atoms with van der Waals surface area (Å²) in [6.45, 7) is 2.98. The third kappa shape index (κ3) is 5.98. The number of rotatable bonds is 4. The fourth-order valence-electron chi connectivity index (χ4n) is 3.04. The van der Waals surface area contributed by atoms with Crippen LogP contribution in [0.2, 0.25) is 5.02 Å². The summed E-state index contributed by atoms with van der Waals surface area (Å²) in [4.78, 5) is 12.5. The minimum atomic E-state index is -1.08. The third-order valence-electron chi connectivity index (χ3n) is 4.70. The van der Waals surface area contributed by atoms with E-state index in [2.05, 4.69) is 28.1 Å². The average Bonchev–Trinajstić information content (AvgIpc) is 3.33. The molecule has 0 radical (unpaired) electrons. The van der Waals surface area contributed by atoms with Gasteiger partial charge in [-0.3, -0.25) is 9.48 Å². The lowest BCUT2D eigenvalue weighted by molar-refractivity contribution is -0.105. The summed E-state index contributed by atoms with van der Waals surface area (Å²) in [5.74, 6) is -0.497. The highest BCUT2D eigenvalue weighted by atomic mass is 35.5. The van der Waals surface area contributed by atoms with Crippen molar-refractivity contribution in [2.24, 2.45) is 7.05 Å². The van der Waals surface area contributed by atoms with E-state index in [0.29, 0.717) is 12.1 Å². The van der Waals surface area contributed by atoms with Gasteiger partial charge in [0.2, 0.25) is 6.41 Å². The number of carbonyl (C=O) groups is 1. The van der Waals surface area contributed by atoms with Crippen molar-refractivity contribution in [2.45, 2.75) is 19.4 Å². The molecule has 7 nitrogen and oxygen atoms in total. The van der Waals surface area contributed by atoms with E-state index in [9.17, 15) is 13.4 Å². The minimum absolute atomic E-state index is 0.00292. The van der Waals surface area contributed by atoms with Crippen molar-refractivity contribution in [1.29, 1.82) is 0 Å². The Labute approximate surface area is 191 Å². The number of thiophene rings is 1. The van der Waals surface area contributed by atoms with Gasteiger partial charge >= 0.3 is 0 Å². The van der Waals surface area contributed by atoms with Gasteiger partial charge in [0.15, 0.2) is 11.2 Å². The predicted octanol–water partition coefficient (Wildman–Crippen LogP) is 4.05. The molecule has 3 aromatic rings. The summed E-state index contributed by atoms with van der Waals surface area (Å²) in [6, 6.07) is 6.34. The van der Waals surface area contributed by atoms with Crippen LogP contribution in [0.4, 0.5) is 10.1 Å². The highest BCUT2D eigenvalue weighted by Gasteiger charge is 2.25. The van der Waals surface area contributed by atoms with Gasteiger partial charge in [0.05, 0.1) is 17.3 Å². The number of aryl methyl sites for hydroxylation is 2. The van der Waals surface area contributed by atoms with Crippen LogP contribution in [0.15, 0.2) is 36.7 Å². The lowest BCUT2D eigenvalue weighted by Crippen LogP contribution is -2.41. The second kappa shape index (κ2) is 10.5.